The van der Waals surface area contributed by atoms with Crippen LogP contribution in [0.15, 0.2) is 53.2 Å². The van der Waals surface area contributed by atoms with Gasteiger partial charge in [-0.1, -0.05) is 32.9 Å². The van der Waals surface area contributed by atoms with Crippen LogP contribution in [0.5, 0.6) is 0 Å². The normalized spacial score (nSPS) is 16.2. The smallest absolute Gasteiger partial charge is 0.412 e. The van der Waals surface area contributed by atoms with Crippen molar-refractivity contribution in [2.24, 2.45) is 10.9 Å². The summed E-state index contributed by atoms with van der Waals surface area (Å²) in [5.74, 6) is 0.0274. The number of carbonyl (C=O) groups excluding carboxylic acids is 2. The predicted octanol–water partition coefficient (Wildman–Crippen LogP) is 3.87. The van der Waals surface area contributed by atoms with Crippen LogP contribution in [0.4, 0.5) is 4.79 Å². The van der Waals surface area contributed by atoms with Crippen molar-refractivity contribution in [3.8, 4) is 0 Å². The third kappa shape index (κ3) is 7.52. The molecular weight excluding hydrogens is 346 g/mol. The van der Waals surface area contributed by atoms with Crippen LogP contribution in [0.3, 0.4) is 0 Å². The van der Waals surface area contributed by atoms with Crippen LogP contribution in [0.25, 0.3) is 0 Å². The quantitative estimate of drug-likeness (QED) is 0.433. The lowest BCUT2D eigenvalue weighted by atomic mass is 10.1. The molecule has 1 unspecified atom stereocenters. The Morgan fingerprint density at radius 1 is 1.41 bits per heavy atom. The number of allylic oxidation sites excluding steroid dienone is 3. The first kappa shape index (κ1) is 22.2. The Morgan fingerprint density at radius 3 is 2.59 bits per heavy atom. The lowest BCUT2D eigenvalue weighted by Crippen LogP contribution is -2.35. The lowest BCUT2D eigenvalue weighted by molar-refractivity contribution is -0.136. The second kappa shape index (κ2) is 9.75. The number of nitrogens with zero attached hydrogens (tertiary/aromatic N) is 2. The molecule has 1 rings (SSSR count). The number of carbonyl (C=O) groups is 2. The van der Waals surface area contributed by atoms with Gasteiger partial charge in [0.05, 0.1) is 7.11 Å². The number of ether oxygens (including phenoxy) is 2. The zero-order chi connectivity index (χ0) is 20.6. The Hall–Kier alpha value is -2.83. The van der Waals surface area contributed by atoms with E-state index in [2.05, 4.69) is 23.8 Å². The van der Waals surface area contributed by atoms with Gasteiger partial charge in [0.25, 0.3) is 0 Å². The number of methoxy groups -OCH3 is 1. The van der Waals surface area contributed by atoms with E-state index < -0.39 is 17.7 Å². The second-order valence-electron chi connectivity index (χ2n) is 7.06. The number of alkyl carbamates (subject to hydrolysis) is 1. The van der Waals surface area contributed by atoms with E-state index in [1.165, 1.54) is 13.2 Å². The molecule has 0 saturated heterocycles. The molecule has 27 heavy (non-hydrogen) atoms. The van der Waals surface area contributed by atoms with E-state index in [1.54, 1.807) is 44.2 Å². The van der Waals surface area contributed by atoms with Gasteiger partial charge in [-0.15, -0.1) is 0 Å². The molecule has 0 bridgehead atoms. The third-order valence-electron chi connectivity index (χ3n) is 3.53. The highest BCUT2D eigenvalue weighted by atomic mass is 16.6. The molecule has 0 aliphatic carbocycles. The van der Waals surface area contributed by atoms with Crippen LogP contribution < -0.4 is 5.32 Å². The van der Waals surface area contributed by atoms with Crippen molar-refractivity contribution in [2.75, 3.05) is 7.11 Å². The van der Waals surface area contributed by atoms with Gasteiger partial charge in [-0.2, -0.15) is 0 Å². The lowest BCUT2D eigenvalue weighted by Gasteiger charge is -2.25. The first-order valence-electron chi connectivity index (χ1n) is 8.78. The maximum absolute atomic E-state index is 12.2. The molecular formula is C20H29N3O4. The number of hydrogen-bond acceptors (Lipinski definition) is 6. The monoisotopic (exact) mass is 375 g/mol. The molecule has 1 amide bonds. The second-order valence-corrected chi connectivity index (χ2v) is 7.06. The van der Waals surface area contributed by atoms with Gasteiger partial charge in [-0.25, -0.2) is 14.6 Å². The molecule has 0 spiro atoms. The van der Waals surface area contributed by atoms with Gasteiger partial charge in [0.1, 0.15) is 17.1 Å². The Morgan fingerprint density at radius 2 is 2.07 bits per heavy atom. The van der Waals surface area contributed by atoms with Crippen molar-refractivity contribution in [3.63, 3.8) is 0 Å². The van der Waals surface area contributed by atoms with E-state index in [9.17, 15) is 9.59 Å². The number of esters is 1. The van der Waals surface area contributed by atoms with Crippen molar-refractivity contribution < 1.29 is 19.1 Å². The molecule has 1 heterocycles. The zero-order valence-electron chi connectivity index (χ0n) is 16.9. The largest absolute Gasteiger partial charge is 0.464 e. The molecule has 0 saturated carbocycles. The van der Waals surface area contributed by atoms with Gasteiger partial charge < -0.3 is 14.4 Å². The summed E-state index contributed by atoms with van der Waals surface area (Å²) in [6, 6.07) is 0. The molecule has 0 fully saturated rings. The summed E-state index contributed by atoms with van der Waals surface area (Å²) in [5.41, 5.74) is -0.102. The molecule has 1 N–H and O–H groups in total. The fourth-order valence-corrected chi connectivity index (χ4v) is 2.06. The predicted molar refractivity (Wildman–Crippen MR) is 106 cm³/mol. The number of rotatable bonds is 6. The molecule has 1 aliphatic rings. The number of amides is 1. The minimum atomic E-state index is -0.743. The van der Waals surface area contributed by atoms with E-state index in [0.717, 1.165) is 6.42 Å². The van der Waals surface area contributed by atoms with E-state index in [0.29, 0.717) is 11.5 Å². The van der Waals surface area contributed by atoms with Crippen LogP contribution in [0.2, 0.25) is 0 Å². The van der Waals surface area contributed by atoms with Crippen LogP contribution in [0.1, 0.15) is 41.0 Å². The zero-order valence-corrected chi connectivity index (χ0v) is 16.9. The van der Waals surface area contributed by atoms with Crippen LogP contribution >= 0.6 is 0 Å². The molecule has 0 aromatic carbocycles. The van der Waals surface area contributed by atoms with Crippen molar-refractivity contribution in [3.05, 3.63) is 48.2 Å². The van der Waals surface area contributed by atoms with Gasteiger partial charge in [-0.3, -0.25) is 5.32 Å². The van der Waals surface area contributed by atoms with E-state index in [-0.39, 0.29) is 11.6 Å². The van der Waals surface area contributed by atoms with Crippen LogP contribution in [-0.4, -0.2) is 35.9 Å². The Kier molecular flexibility index (Phi) is 8.02. The summed E-state index contributed by atoms with van der Waals surface area (Å²) < 4.78 is 10.0. The van der Waals surface area contributed by atoms with Crippen molar-refractivity contribution in [2.45, 2.75) is 46.6 Å². The maximum Gasteiger partial charge on any atom is 0.412 e. The fraction of sp³-hybridized carbons (Fsp3) is 0.450. The highest BCUT2D eigenvalue weighted by Crippen LogP contribution is 2.21. The van der Waals surface area contributed by atoms with E-state index in [1.807, 2.05) is 13.0 Å². The Labute approximate surface area is 161 Å². The van der Waals surface area contributed by atoms with Gasteiger partial charge in [0.2, 0.25) is 0 Å². The van der Waals surface area contributed by atoms with Crippen molar-refractivity contribution in [1.29, 1.82) is 0 Å². The van der Waals surface area contributed by atoms with Crippen LogP contribution in [0, 0.1) is 5.92 Å². The molecule has 1 aliphatic heterocycles. The summed E-state index contributed by atoms with van der Waals surface area (Å²) in [5, 5.41) is 2.47. The van der Waals surface area contributed by atoms with Gasteiger partial charge in [-0.05, 0) is 38.8 Å². The summed E-state index contributed by atoms with van der Waals surface area (Å²) >= 11 is 0. The fourth-order valence-electron chi connectivity index (χ4n) is 2.06. The SMILES string of the molecule is C=C1N=CC=CN1C(/C=C(\NC(=O)OC(C)(C)C)C(=O)OC)=C\C(C)CC. The van der Waals surface area contributed by atoms with Gasteiger partial charge >= 0.3 is 12.1 Å². The minimum Gasteiger partial charge on any atom is -0.464 e. The first-order chi connectivity index (χ1) is 12.6. The topological polar surface area (TPSA) is 80.2 Å². The number of hydrogen-bond donors (Lipinski definition) is 1. The summed E-state index contributed by atoms with van der Waals surface area (Å²) in [6.45, 7) is 13.2. The molecule has 7 nitrogen and oxygen atoms in total. The average molecular weight is 375 g/mol. The van der Waals surface area contributed by atoms with E-state index in [4.69, 9.17) is 9.47 Å². The van der Waals surface area contributed by atoms with Crippen molar-refractivity contribution >= 4 is 18.3 Å². The van der Waals surface area contributed by atoms with Gasteiger partial charge in [0, 0.05) is 18.1 Å². The maximum atomic E-state index is 12.2. The molecule has 0 aromatic rings. The molecule has 0 aromatic heterocycles. The van der Waals surface area contributed by atoms with Crippen molar-refractivity contribution in [1.82, 2.24) is 10.2 Å². The van der Waals surface area contributed by atoms with Crippen LogP contribution in [-0.2, 0) is 14.3 Å². The molecule has 148 valence electrons. The first-order valence-corrected chi connectivity index (χ1v) is 8.78. The summed E-state index contributed by atoms with van der Waals surface area (Å²) in [7, 11) is 1.25. The third-order valence-corrected chi connectivity index (χ3v) is 3.53. The van der Waals surface area contributed by atoms with Gasteiger partial charge in [0.15, 0.2) is 0 Å². The molecule has 0 radical (unpaired) electrons. The average Bonchev–Trinajstić information content (AvgIpc) is 2.58. The number of nitrogens with one attached hydrogen (secondary N) is 1. The Balaban J connectivity index is 3.26. The van der Waals surface area contributed by atoms with E-state index >= 15 is 0 Å². The number of aliphatic imine (C=N–C) groups is 1. The highest BCUT2D eigenvalue weighted by Gasteiger charge is 2.21. The molecule has 1 atom stereocenters. The molecule has 7 heteroatoms. The summed E-state index contributed by atoms with van der Waals surface area (Å²) in [6.07, 6.45) is 8.82. The standard InChI is InChI=1S/C20H29N3O4/c1-8-14(2)12-16(23-11-9-10-21-15(23)3)13-17(18(24)26-7)22-19(25)27-20(4,5)6/h9-14H,3,8H2,1-2,4-7H3,(H,22,25)/b16-12-,17-13-. The Bertz CT molecular complexity index is 697. The highest BCUT2D eigenvalue weighted by molar-refractivity contribution is 5.92. The summed E-state index contributed by atoms with van der Waals surface area (Å²) in [4.78, 5) is 30.2. The minimum absolute atomic E-state index is 0.0444.